The minimum Gasteiger partial charge on any atom is -0.383 e. The highest BCUT2D eigenvalue weighted by atomic mass is 32.1. The standard InChI is InChI=1S/C15H24N4OS/c1-6-11-8-12-13(19(4)10(3)9-20-5)17-15(16-7-2)18-14(12)21-11/h8,10H,6-7,9H2,1-5H3,(H,16,17,18). The van der Waals surface area contributed by atoms with Crippen molar-refractivity contribution in [1.29, 1.82) is 0 Å². The van der Waals surface area contributed by atoms with E-state index in [1.165, 1.54) is 4.88 Å². The lowest BCUT2D eigenvalue weighted by Crippen LogP contribution is -2.33. The summed E-state index contributed by atoms with van der Waals surface area (Å²) in [7, 11) is 3.79. The molecule has 1 atom stereocenters. The Bertz CT molecular complexity index is 599. The molecule has 0 bridgehead atoms. The zero-order valence-corrected chi connectivity index (χ0v) is 14.3. The van der Waals surface area contributed by atoms with E-state index in [4.69, 9.17) is 9.72 Å². The molecule has 2 aromatic heterocycles. The highest BCUT2D eigenvalue weighted by Gasteiger charge is 2.18. The maximum Gasteiger partial charge on any atom is 0.226 e. The van der Waals surface area contributed by atoms with Gasteiger partial charge in [0.25, 0.3) is 0 Å². The molecule has 1 N–H and O–H groups in total. The van der Waals surface area contributed by atoms with Crippen LogP contribution in [-0.2, 0) is 11.2 Å². The van der Waals surface area contributed by atoms with E-state index >= 15 is 0 Å². The molecule has 5 nitrogen and oxygen atoms in total. The van der Waals surface area contributed by atoms with Crippen LogP contribution in [0.1, 0.15) is 25.6 Å². The predicted molar refractivity (Wildman–Crippen MR) is 90.7 cm³/mol. The van der Waals surface area contributed by atoms with Gasteiger partial charge in [-0.2, -0.15) is 4.98 Å². The number of nitrogens with one attached hydrogen (secondary N) is 1. The molecule has 2 heterocycles. The van der Waals surface area contributed by atoms with Crippen LogP contribution in [0.25, 0.3) is 10.2 Å². The normalized spacial score (nSPS) is 12.6. The van der Waals surface area contributed by atoms with Crippen molar-refractivity contribution in [3.63, 3.8) is 0 Å². The summed E-state index contributed by atoms with van der Waals surface area (Å²) in [4.78, 5) is 13.9. The van der Waals surface area contributed by atoms with Crippen molar-refractivity contribution < 1.29 is 4.74 Å². The largest absolute Gasteiger partial charge is 0.383 e. The van der Waals surface area contributed by atoms with E-state index in [9.17, 15) is 0 Å². The van der Waals surface area contributed by atoms with E-state index < -0.39 is 0 Å². The summed E-state index contributed by atoms with van der Waals surface area (Å²) in [6, 6.07) is 2.47. The van der Waals surface area contributed by atoms with Crippen LogP contribution in [0.5, 0.6) is 0 Å². The molecular formula is C15H24N4OS. The van der Waals surface area contributed by atoms with E-state index in [1.54, 1.807) is 18.4 Å². The Hall–Kier alpha value is -1.40. The molecule has 0 saturated heterocycles. The number of nitrogens with zero attached hydrogens (tertiary/aromatic N) is 3. The molecule has 1 unspecified atom stereocenters. The minimum atomic E-state index is 0.257. The number of likely N-dealkylation sites (N-methyl/N-ethyl adjacent to an activating group) is 1. The predicted octanol–water partition coefficient (Wildman–Crippen LogP) is 3.16. The van der Waals surface area contributed by atoms with Crippen LogP contribution in [0.3, 0.4) is 0 Å². The third-order valence-corrected chi connectivity index (χ3v) is 4.68. The molecule has 0 aliphatic heterocycles. The molecule has 0 aliphatic carbocycles. The van der Waals surface area contributed by atoms with Crippen molar-refractivity contribution in [2.24, 2.45) is 0 Å². The number of anilines is 2. The molecule has 116 valence electrons. The second-order valence-electron chi connectivity index (χ2n) is 5.10. The van der Waals surface area contributed by atoms with E-state index in [-0.39, 0.29) is 6.04 Å². The summed E-state index contributed by atoms with van der Waals surface area (Å²) in [5, 5.41) is 4.35. The SMILES string of the molecule is CCNc1nc(N(C)C(C)COC)c2cc(CC)sc2n1. The monoisotopic (exact) mass is 308 g/mol. The van der Waals surface area contributed by atoms with Crippen molar-refractivity contribution in [3.05, 3.63) is 10.9 Å². The van der Waals surface area contributed by atoms with Crippen molar-refractivity contribution in [2.75, 3.05) is 37.5 Å². The lowest BCUT2D eigenvalue weighted by molar-refractivity contribution is 0.183. The van der Waals surface area contributed by atoms with Gasteiger partial charge in [-0.05, 0) is 26.3 Å². The summed E-state index contributed by atoms with van der Waals surface area (Å²) in [5.41, 5.74) is 0. The first-order chi connectivity index (χ1) is 10.1. The van der Waals surface area contributed by atoms with Gasteiger partial charge >= 0.3 is 0 Å². The molecule has 6 heteroatoms. The number of ether oxygens (including phenoxy) is 1. The Balaban J connectivity index is 2.49. The Morgan fingerprint density at radius 1 is 1.38 bits per heavy atom. The van der Waals surface area contributed by atoms with Crippen LogP contribution < -0.4 is 10.2 Å². The minimum absolute atomic E-state index is 0.257. The van der Waals surface area contributed by atoms with E-state index in [2.05, 4.69) is 49.1 Å². The maximum absolute atomic E-state index is 5.26. The first kappa shape index (κ1) is 16.0. The van der Waals surface area contributed by atoms with E-state index in [0.717, 1.165) is 29.0 Å². The second-order valence-corrected chi connectivity index (χ2v) is 6.22. The summed E-state index contributed by atoms with van der Waals surface area (Å²) in [5.74, 6) is 1.66. The highest BCUT2D eigenvalue weighted by molar-refractivity contribution is 7.18. The first-order valence-electron chi connectivity index (χ1n) is 7.36. The van der Waals surface area contributed by atoms with Gasteiger partial charge in [-0.3, -0.25) is 0 Å². The molecular weight excluding hydrogens is 284 g/mol. The maximum atomic E-state index is 5.26. The van der Waals surface area contributed by atoms with Crippen molar-refractivity contribution in [1.82, 2.24) is 9.97 Å². The Labute approximate surface area is 130 Å². The smallest absolute Gasteiger partial charge is 0.226 e. The second kappa shape index (κ2) is 7.04. The number of hydrogen-bond donors (Lipinski definition) is 1. The molecule has 21 heavy (non-hydrogen) atoms. The fourth-order valence-electron chi connectivity index (χ4n) is 2.20. The Kier molecular flexibility index (Phi) is 5.36. The van der Waals surface area contributed by atoms with Gasteiger partial charge in [0.1, 0.15) is 10.6 Å². The lowest BCUT2D eigenvalue weighted by atomic mass is 10.2. The van der Waals surface area contributed by atoms with Crippen molar-refractivity contribution >= 4 is 33.3 Å². The van der Waals surface area contributed by atoms with Crippen LogP contribution in [0.15, 0.2) is 6.07 Å². The average Bonchev–Trinajstić information content (AvgIpc) is 2.89. The first-order valence-corrected chi connectivity index (χ1v) is 8.18. The lowest BCUT2D eigenvalue weighted by Gasteiger charge is -2.26. The van der Waals surface area contributed by atoms with Crippen LogP contribution in [-0.4, -0.2) is 43.3 Å². The molecule has 2 aromatic rings. The molecule has 0 spiro atoms. The zero-order chi connectivity index (χ0) is 15.4. The van der Waals surface area contributed by atoms with Gasteiger partial charge < -0.3 is 15.0 Å². The quantitative estimate of drug-likeness (QED) is 0.851. The molecule has 0 radical (unpaired) electrons. The Morgan fingerprint density at radius 2 is 2.14 bits per heavy atom. The summed E-state index contributed by atoms with van der Waals surface area (Å²) < 4.78 is 5.26. The Morgan fingerprint density at radius 3 is 2.76 bits per heavy atom. The summed E-state index contributed by atoms with van der Waals surface area (Å²) in [6.07, 6.45) is 1.02. The topological polar surface area (TPSA) is 50.3 Å². The van der Waals surface area contributed by atoms with Crippen LogP contribution in [0.2, 0.25) is 0 Å². The number of rotatable bonds is 7. The number of methoxy groups -OCH3 is 1. The van der Waals surface area contributed by atoms with Crippen molar-refractivity contribution in [2.45, 2.75) is 33.2 Å². The van der Waals surface area contributed by atoms with Crippen molar-refractivity contribution in [3.8, 4) is 0 Å². The molecule has 0 aromatic carbocycles. The number of hydrogen-bond acceptors (Lipinski definition) is 6. The summed E-state index contributed by atoms with van der Waals surface area (Å²) in [6.45, 7) is 7.84. The summed E-state index contributed by atoms with van der Waals surface area (Å²) >= 11 is 1.74. The zero-order valence-electron chi connectivity index (χ0n) is 13.4. The van der Waals surface area contributed by atoms with Crippen LogP contribution >= 0.6 is 11.3 Å². The van der Waals surface area contributed by atoms with E-state index in [0.29, 0.717) is 12.6 Å². The van der Waals surface area contributed by atoms with Crippen LogP contribution in [0.4, 0.5) is 11.8 Å². The van der Waals surface area contributed by atoms with Crippen LogP contribution in [0, 0.1) is 0 Å². The van der Waals surface area contributed by atoms with Gasteiger partial charge in [-0.15, -0.1) is 11.3 Å². The van der Waals surface area contributed by atoms with Gasteiger partial charge in [-0.1, -0.05) is 6.92 Å². The molecule has 0 saturated carbocycles. The third-order valence-electron chi connectivity index (χ3n) is 3.51. The van der Waals surface area contributed by atoms with Gasteiger partial charge in [0.15, 0.2) is 0 Å². The number of fused-ring (bicyclic) bond motifs is 1. The number of thiophene rings is 1. The van der Waals surface area contributed by atoms with Gasteiger partial charge in [-0.25, -0.2) is 4.98 Å². The number of aryl methyl sites for hydroxylation is 1. The van der Waals surface area contributed by atoms with Gasteiger partial charge in [0.05, 0.1) is 18.0 Å². The molecule has 0 amide bonds. The third kappa shape index (κ3) is 3.44. The molecule has 0 aliphatic rings. The fourth-order valence-corrected chi connectivity index (χ4v) is 3.16. The molecule has 2 rings (SSSR count). The highest BCUT2D eigenvalue weighted by Crippen LogP contribution is 2.32. The average molecular weight is 308 g/mol. The van der Waals surface area contributed by atoms with Gasteiger partial charge in [0, 0.05) is 25.6 Å². The van der Waals surface area contributed by atoms with E-state index in [1.807, 2.05) is 0 Å². The number of aromatic nitrogens is 2. The fraction of sp³-hybridized carbons (Fsp3) is 0.600. The van der Waals surface area contributed by atoms with Gasteiger partial charge in [0.2, 0.25) is 5.95 Å². The molecule has 0 fully saturated rings.